The molecule has 2 aromatic rings. The second-order valence-electron chi connectivity index (χ2n) is 3.28. The summed E-state index contributed by atoms with van der Waals surface area (Å²) in [7, 11) is 0. The molecule has 0 saturated heterocycles. The molecule has 0 aromatic carbocycles. The topological polar surface area (TPSA) is 20.2 Å². The van der Waals surface area contributed by atoms with Gasteiger partial charge < -0.3 is 5.11 Å². The van der Waals surface area contributed by atoms with Gasteiger partial charge in [-0.15, -0.1) is 22.7 Å². The molecule has 0 radical (unpaired) electrons. The highest BCUT2D eigenvalue weighted by atomic mass is 79.9. The maximum Gasteiger partial charge on any atom is 0.122 e. The van der Waals surface area contributed by atoms with Crippen molar-refractivity contribution in [2.24, 2.45) is 0 Å². The molecule has 0 amide bonds. The summed E-state index contributed by atoms with van der Waals surface area (Å²) in [6, 6.07) is 3.96. The highest BCUT2D eigenvalue weighted by Gasteiger charge is 2.17. The van der Waals surface area contributed by atoms with Crippen LogP contribution in [0.5, 0.6) is 0 Å². The molecule has 0 fully saturated rings. The van der Waals surface area contributed by atoms with Crippen molar-refractivity contribution < 1.29 is 5.11 Å². The fraction of sp³-hybridized carbons (Fsp3) is 0.200. The van der Waals surface area contributed by atoms with Crippen molar-refractivity contribution in [3.05, 3.63) is 39.5 Å². The zero-order chi connectivity index (χ0) is 11.9. The Kier molecular flexibility index (Phi) is 4.30. The van der Waals surface area contributed by atoms with Crippen LogP contribution in [0.2, 0.25) is 0 Å². The van der Waals surface area contributed by atoms with Crippen LogP contribution < -0.4 is 0 Å². The maximum atomic E-state index is 10.2. The molecule has 0 aliphatic heterocycles. The van der Waals surface area contributed by atoms with E-state index in [1.54, 1.807) is 22.7 Å². The second-order valence-corrected chi connectivity index (χ2v) is 8.94. The van der Waals surface area contributed by atoms with Gasteiger partial charge in [-0.05, 0) is 72.4 Å². The Morgan fingerprint density at radius 1 is 1.06 bits per heavy atom. The van der Waals surface area contributed by atoms with E-state index < -0.39 is 6.10 Å². The molecular formula is C10H7Br3OS2. The number of hydrogen-bond donors (Lipinski definition) is 1. The molecule has 1 nitrogen and oxygen atoms in total. The summed E-state index contributed by atoms with van der Waals surface area (Å²) in [6.07, 6.45) is -0.539. The van der Waals surface area contributed by atoms with Gasteiger partial charge in [0.1, 0.15) is 6.10 Å². The first kappa shape index (κ1) is 13.2. The van der Waals surface area contributed by atoms with E-state index in [1.165, 1.54) is 0 Å². The number of rotatable bonds is 2. The highest BCUT2D eigenvalue weighted by Crippen LogP contribution is 2.40. The van der Waals surface area contributed by atoms with Gasteiger partial charge in [-0.25, -0.2) is 0 Å². The minimum atomic E-state index is -0.539. The molecule has 6 heteroatoms. The molecule has 1 atom stereocenters. The smallest absolute Gasteiger partial charge is 0.122 e. The van der Waals surface area contributed by atoms with Gasteiger partial charge >= 0.3 is 0 Å². The first-order chi connectivity index (χ1) is 7.49. The summed E-state index contributed by atoms with van der Waals surface area (Å²) in [6.45, 7) is 2.02. The van der Waals surface area contributed by atoms with Crippen molar-refractivity contribution in [2.45, 2.75) is 13.0 Å². The summed E-state index contributed by atoms with van der Waals surface area (Å²) in [5.74, 6) is 0. The summed E-state index contributed by atoms with van der Waals surface area (Å²) < 4.78 is 3.07. The molecule has 0 aliphatic carbocycles. The monoisotopic (exact) mass is 444 g/mol. The van der Waals surface area contributed by atoms with Crippen LogP contribution >= 0.6 is 70.5 Å². The number of hydrogen-bond acceptors (Lipinski definition) is 3. The zero-order valence-electron chi connectivity index (χ0n) is 8.13. The number of aryl methyl sites for hydroxylation is 1. The van der Waals surface area contributed by atoms with Crippen LogP contribution in [0.1, 0.15) is 21.4 Å². The van der Waals surface area contributed by atoms with Crippen LogP contribution in [0, 0.1) is 6.92 Å². The molecule has 2 aromatic heterocycles. The lowest BCUT2D eigenvalue weighted by atomic mass is 10.2. The predicted octanol–water partition coefficient (Wildman–Crippen LogP) is 5.49. The lowest BCUT2D eigenvalue weighted by Gasteiger charge is -2.04. The zero-order valence-corrected chi connectivity index (χ0v) is 14.5. The predicted molar refractivity (Wildman–Crippen MR) is 80.5 cm³/mol. The lowest BCUT2D eigenvalue weighted by Crippen LogP contribution is -1.92. The Morgan fingerprint density at radius 2 is 1.62 bits per heavy atom. The third-order valence-electron chi connectivity index (χ3n) is 2.08. The van der Waals surface area contributed by atoms with Gasteiger partial charge in [0.25, 0.3) is 0 Å². The van der Waals surface area contributed by atoms with Gasteiger partial charge in [0.05, 0.1) is 7.57 Å². The minimum absolute atomic E-state index is 0.539. The molecule has 2 rings (SSSR count). The maximum absolute atomic E-state index is 10.2. The van der Waals surface area contributed by atoms with Crippen LogP contribution in [0.25, 0.3) is 0 Å². The molecule has 1 unspecified atom stereocenters. The van der Waals surface area contributed by atoms with Crippen molar-refractivity contribution in [2.75, 3.05) is 0 Å². The molecule has 0 saturated carbocycles. The Morgan fingerprint density at radius 3 is 2.06 bits per heavy atom. The van der Waals surface area contributed by atoms with Crippen LogP contribution in [0.3, 0.4) is 0 Å². The van der Waals surface area contributed by atoms with Crippen LogP contribution in [0.4, 0.5) is 0 Å². The molecule has 0 aliphatic rings. The second kappa shape index (κ2) is 5.20. The van der Waals surface area contributed by atoms with Crippen molar-refractivity contribution >= 4 is 70.5 Å². The molecule has 0 spiro atoms. The van der Waals surface area contributed by atoms with E-state index in [2.05, 4.69) is 47.8 Å². The first-order valence-corrected chi connectivity index (χ1v) is 8.39. The van der Waals surface area contributed by atoms with E-state index >= 15 is 0 Å². The Balaban J connectivity index is 2.34. The van der Waals surface area contributed by atoms with Gasteiger partial charge in [-0.2, -0.15) is 0 Å². The molecule has 86 valence electrons. The summed E-state index contributed by atoms with van der Waals surface area (Å²) in [5, 5.41) is 10.2. The van der Waals surface area contributed by atoms with Crippen molar-refractivity contribution in [1.29, 1.82) is 0 Å². The summed E-state index contributed by atoms with van der Waals surface area (Å²) >= 11 is 13.4. The van der Waals surface area contributed by atoms with Crippen LogP contribution in [-0.4, -0.2) is 5.11 Å². The molecule has 0 bridgehead atoms. The van der Waals surface area contributed by atoms with Gasteiger partial charge in [-0.1, -0.05) is 0 Å². The quantitative estimate of drug-likeness (QED) is 0.647. The minimum Gasteiger partial charge on any atom is -0.382 e. The van der Waals surface area contributed by atoms with Crippen molar-refractivity contribution in [1.82, 2.24) is 0 Å². The van der Waals surface area contributed by atoms with Gasteiger partial charge in [-0.3, -0.25) is 0 Å². The van der Waals surface area contributed by atoms with E-state index in [4.69, 9.17) is 0 Å². The van der Waals surface area contributed by atoms with E-state index in [0.717, 1.165) is 27.4 Å². The number of aliphatic hydroxyl groups excluding tert-OH is 1. The van der Waals surface area contributed by atoms with E-state index in [-0.39, 0.29) is 0 Å². The average molecular weight is 447 g/mol. The highest BCUT2D eigenvalue weighted by molar-refractivity contribution is 9.13. The first-order valence-electron chi connectivity index (χ1n) is 4.37. The number of aliphatic hydroxyl groups is 1. The summed E-state index contributed by atoms with van der Waals surface area (Å²) in [4.78, 5) is 1.90. The van der Waals surface area contributed by atoms with E-state index in [1.807, 2.05) is 19.1 Å². The largest absolute Gasteiger partial charge is 0.382 e. The SMILES string of the molecule is Cc1cc(C(O)c2cc(Br)c(Br)s2)sc1Br. The van der Waals surface area contributed by atoms with Gasteiger partial charge in [0, 0.05) is 14.2 Å². The van der Waals surface area contributed by atoms with E-state index in [9.17, 15) is 5.11 Å². The summed E-state index contributed by atoms with van der Waals surface area (Å²) in [5.41, 5.74) is 1.16. The molecule has 16 heavy (non-hydrogen) atoms. The van der Waals surface area contributed by atoms with Crippen LogP contribution in [-0.2, 0) is 0 Å². The fourth-order valence-electron chi connectivity index (χ4n) is 1.26. The van der Waals surface area contributed by atoms with Crippen molar-refractivity contribution in [3.8, 4) is 0 Å². The van der Waals surface area contributed by atoms with Gasteiger partial charge in [0.15, 0.2) is 0 Å². The molecular weight excluding hydrogens is 440 g/mol. The standard InChI is InChI=1S/C10H7Br3OS2/c1-4-2-6(15-9(4)12)8(14)7-3-5(11)10(13)16-7/h2-3,8,14H,1H3. The third-order valence-corrected chi connectivity index (χ3v) is 7.58. The third kappa shape index (κ3) is 2.62. The van der Waals surface area contributed by atoms with Crippen LogP contribution in [0.15, 0.2) is 24.2 Å². The van der Waals surface area contributed by atoms with E-state index in [0.29, 0.717) is 0 Å². The molecule has 2 heterocycles. The average Bonchev–Trinajstić information content (AvgIpc) is 2.72. The Hall–Kier alpha value is 0.800. The van der Waals surface area contributed by atoms with Crippen molar-refractivity contribution in [3.63, 3.8) is 0 Å². The number of halogens is 3. The Labute approximate surface area is 127 Å². The fourth-order valence-corrected chi connectivity index (χ4v) is 5.00. The molecule has 1 N–H and O–H groups in total. The lowest BCUT2D eigenvalue weighted by molar-refractivity contribution is 0.228. The normalized spacial score (nSPS) is 13.1. The number of thiophene rings is 2. The Bertz CT molecular complexity index is 433. The van der Waals surface area contributed by atoms with Gasteiger partial charge in [0.2, 0.25) is 0 Å².